The molecule has 7 aromatic heterocycles. The molecule has 17 rings (SSSR count). The van der Waals surface area contributed by atoms with E-state index in [2.05, 4.69) is 221 Å². The van der Waals surface area contributed by atoms with E-state index in [1.807, 2.05) is 91.5 Å². The maximum atomic E-state index is 5.40. The topological polar surface area (TPSA) is 360 Å². The third-order valence-corrected chi connectivity index (χ3v) is 20.1. The Morgan fingerprint density at radius 2 is 0.504 bits per heavy atom. The monoisotopic (exact) mass is 1790 g/mol. The van der Waals surface area contributed by atoms with E-state index in [1.165, 1.54) is 102 Å². The van der Waals surface area contributed by atoms with Gasteiger partial charge in [0.25, 0.3) is 0 Å². The fourth-order valence-electron chi connectivity index (χ4n) is 13.1. The Balaban J connectivity index is 0.00000139. The van der Waals surface area contributed by atoms with Crippen molar-refractivity contribution in [3.05, 3.63) is 201 Å². The molecule has 0 amide bonds. The molecule has 22 N–H and O–H groups in total. The minimum Gasteiger partial charge on any atom is -0.329 e. The number of nitrogens with zero attached hydrogens (tertiary/aromatic N) is 8. The Labute approximate surface area is 783 Å². The molecule has 1 aromatic carbocycles. The van der Waals surface area contributed by atoms with Gasteiger partial charge in [0, 0.05) is 320 Å². The molecule has 8 aromatic rings. The summed E-state index contributed by atoms with van der Waals surface area (Å²) in [5.74, 6) is 0. The van der Waals surface area contributed by atoms with Crippen molar-refractivity contribution in [2.45, 2.75) is 127 Å². The molecule has 0 spiro atoms. The normalized spacial score (nSPS) is 18.8. The number of hydrogen-bond acceptors (Lipinski definition) is 29. The number of aromatic nitrogens is 7. The highest BCUT2D eigenvalue weighted by atomic mass is 15.2. The number of hydrogen-bond donors (Lipinski definition) is 21. The lowest BCUT2D eigenvalue weighted by Gasteiger charge is -2.26. The molecule has 0 aliphatic carbocycles. The van der Waals surface area contributed by atoms with Gasteiger partial charge in [-0.1, -0.05) is 105 Å². The summed E-state index contributed by atoms with van der Waals surface area (Å²) in [6.45, 7) is 50.5. The molecule has 2 unspecified atom stereocenters. The summed E-state index contributed by atoms with van der Waals surface area (Å²) in [6, 6.07) is 38.9. The van der Waals surface area contributed by atoms with Crippen molar-refractivity contribution in [1.82, 2.24) is 146 Å². The number of piperazine rings is 2. The van der Waals surface area contributed by atoms with Gasteiger partial charge in [-0.25, -0.2) is 0 Å². The van der Waals surface area contributed by atoms with Gasteiger partial charge >= 0.3 is 0 Å². The molecule has 129 heavy (non-hydrogen) atoms. The Morgan fingerprint density at radius 3 is 0.713 bits per heavy atom. The Bertz CT molecular complexity index is 3140. The van der Waals surface area contributed by atoms with Gasteiger partial charge in [-0.3, -0.25) is 39.8 Å². The second kappa shape index (κ2) is 93.9. The summed E-state index contributed by atoms with van der Waals surface area (Å²) in [4.78, 5) is 31.2. The summed E-state index contributed by atoms with van der Waals surface area (Å²) in [7, 11) is 0. The highest BCUT2D eigenvalue weighted by Gasteiger charge is 2.09. The van der Waals surface area contributed by atoms with Gasteiger partial charge in [0.1, 0.15) is 0 Å². The van der Waals surface area contributed by atoms with E-state index in [1.54, 1.807) is 37.2 Å². The molecule has 29 nitrogen and oxygen atoms in total. The van der Waals surface area contributed by atoms with Crippen LogP contribution in [0.25, 0.3) is 33.2 Å². The first-order chi connectivity index (χ1) is 61.6. The van der Waals surface area contributed by atoms with Crippen LogP contribution < -0.4 is 112 Å². The molecule has 9 aliphatic heterocycles. The average molecular weight is 1790 g/mol. The lowest BCUT2D eigenvalue weighted by molar-refractivity contribution is 0.247. The van der Waals surface area contributed by atoms with Crippen molar-refractivity contribution in [3.63, 3.8) is 0 Å². The van der Waals surface area contributed by atoms with Crippen molar-refractivity contribution in [2.24, 2.45) is 5.73 Å². The van der Waals surface area contributed by atoms with Gasteiger partial charge in [0.15, 0.2) is 0 Å². The van der Waals surface area contributed by atoms with E-state index in [0.717, 1.165) is 282 Å². The standard InChI is InChI=1S/C12H30N6.C12H8N2.C12H12N2.C10H8N2.C8H20N4.2C6H15N3.C6H11N.2C5H11N.C5H5N.C4H10N2.C4H9N.5CH4/c1-2-14-5-6-16-9-10-18-12-11-17-8-7-15-4-3-13-1;1-3-9-5-6-10-4-2-8-14-12(10)11(9)13-7-1;1(11-3-7-13-8-4-11)2-12-5-9-14-10-6-12;1-3-7-11-9(5-1)10-6-2-4-8-12-10;1-2-10-5-6-12-8-7-11-4-3-9-1;7-1-4-9-5-2-8-3-6-9;1-2-8-5-6-9-4-3-7-1;1-5-3-4-6(2)7-5;3*1-2-4-6-5-3-1;1-2-6-4-3-5-1;1-2-4-5-3-1;;;;;/h13-18H,1-12H2;1-8H;3-10H,1-2H2;1-8H;9-12H,1-8H2;8H,1-7H2;7-9H,1-6H2;3-7H,1-2H3;2*6H,1-5H2;1-5H;5-6H,1-4H2;5H,1-4H2;5*1H4. The largest absolute Gasteiger partial charge is 0.329 e. The smallest absolute Gasteiger partial charge is 0.0964 e. The third kappa shape index (κ3) is 72.9. The van der Waals surface area contributed by atoms with Crippen LogP contribution in [0, 0.1) is 0 Å². The highest BCUT2D eigenvalue weighted by Crippen LogP contribution is 2.21. The lowest BCUT2D eigenvalue weighted by atomic mass is 10.1. The van der Waals surface area contributed by atoms with E-state index in [-0.39, 0.29) is 37.1 Å². The minimum atomic E-state index is 0. The molecular weight excluding hydrogens is 1610 g/mol. The van der Waals surface area contributed by atoms with Crippen molar-refractivity contribution >= 4 is 21.8 Å². The molecule has 2 atom stereocenters. The van der Waals surface area contributed by atoms with E-state index < -0.39 is 0 Å². The van der Waals surface area contributed by atoms with E-state index in [0.29, 0.717) is 12.1 Å². The molecule has 16 heterocycles. The first kappa shape index (κ1) is 122. The Kier molecular flexibility index (Phi) is 88.5. The number of benzene rings is 1. The first-order valence-electron chi connectivity index (χ1n) is 46.9. The van der Waals surface area contributed by atoms with Crippen molar-refractivity contribution in [1.29, 1.82) is 0 Å². The summed E-state index contributed by atoms with van der Waals surface area (Å²) in [6.07, 6.45) is 35.7. The second-order valence-electron chi connectivity index (χ2n) is 30.7. The molecule has 8 fully saturated rings. The number of pyridine rings is 7. The number of aryl methyl sites for hydroxylation is 2. The number of piperidine rings is 2. The van der Waals surface area contributed by atoms with E-state index in [9.17, 15) is 0 Å². The van der Waals surface area contributed by atoms with E-state index >= 15 is 0 Å². The quantitative estimate of drug-likeness (QED) is 0.0591. The number of rotatable bonds is 6. The van der Waals surface area contributed by atoms with Crippen LogP contribution in [0.1, 0.15) is 113 Å². The number of nitrogens with two attached hydrogens (primary N) is 1. The van der Waals surface area contributed by atoms with Crippen LogP contribution in [0.15, 0.2) is 189 Å². The first-order valence-corrected chi connectivity index (χ1v) is 46.9. The van der Waals surface area contributed by atoms with Gasteiger partial charge in [-0.15, -0.1) is 0 Å². The average Bonchev–Trinajstić information content (AvgIpc) is 1.01. The third-order valence-electron chi connectivity index (χ3n) is 20.1. The summed E-state index contributed by atoms with van der Waals surface area (Å²) < 4.78 is 0. The molecule has 0 radical (unpaired) electrons. The maximum Gasteiger partial charge on any atom is 0.0964 e. The number of fused-ring (bicyclic) bond motifs is 3. The van der Waals surface area contributed by atoms with E-state index in [4.69, 9.17) is 5.73 Å². The predicted molar refractivity (Wildman–Crippen MR) is 556 cm³/mol. The minimum absolute atomic E-state index is 0. The fourth-order valence-corrected chi connectivity index (χ4v) is 13.1. The summed E-state index contributed by atoms with van der Waals surface area (Å²) in [5.41, 5.74) is 11.8. The van der Waals surface area contributed by atoms with Crippen LogP contribution in [-0.4, -0.2) is 327 Å². The van der Waals surface area contributed by atoms with Crippen LogP contribution in [0.5, 0.6) is 0 Å². The fraction of sp³-hybridized carbons (Fsp3) is 0.610. The van der Waals surface area contributed by atoms with Gasteiger partial charge in [0.2, 0.25) is 0 Å². The van der Waals surface area contributed by atoms with Crippen molar-refractivity contribution in [2.75, 3.05) is 275 Å². The van der Waals surface area contributed by atoms with Gasteiger partial charge < -0.3 is 112 Å². The molecule has 0 saturated carbocycles. The second-order valence-corrected chi connectivity index (χ2v) is 30.7. The van der Waals surface area contributed by atoms with Crippen LogP contribution in [-0.2, 0) is 12.8 Å². The predicted octanol–water partition coefficient (Wildman–Crippen LogP) is 6.96. The van der Waals surface area contributed by atoms with Crippen molar-refractivity contribution < 1.29 is 0 Å². The molecule has 8 saturated heterocycles. The molecule has 9 aliphatic rings. The van der Waals surface area contributed by atoms with Gasteiger partial charge in [-0.2, -0.15) is 0 Å². The number of nitrogens with one attached hydrogen (secondary N) is 20. The molecule has 29 heteroatoms. The zero-order valence-electron chi connectivity index (χ0n) is 76.0. The summed E-state index contributed by atoms with van der Waals surface area (Å²) in [5, 5.41) is 68.9. The van der Waals surface area contributed by atoms with Crippen LogP contribution in [0.2, 0.25) is 0 Å². The summed E-state index contributed by atoms with van der Waals surface area (Å²) >= 11 is 0. The zero-order chi connectivity index (χ0) is 87.1. The Hall–Kier alpha value is -7.35. The zero-order valence-corrected chi connectivity index (χ0v) is 76.0. The molecular formula is C100H185N29. The maximum absolute atomic E-state index is 5.40. The molecule has 0 bridgehead atoms. The van der Waals surface area contributed by atoms with Crippen LogP contribution >= 0.6 is 0 Å². The SMILES string of the molecule is C.C.C.C.C.C1CCNC1.C1CCNCC1.C1CCNCC1.C1CNCCN1.C1CNCCNCCN1.C1CNCCNCCNCCN1.C1CNCCNCCNCCNCCNCCN1.CC1C=CC(C)N1.NCCN1CCNCC1.c1cc(CCc2ccncc2)ccn1.c1ccc(-c2ccccn2)nc1.c1ccncc1.c1cnc2c(c1)ccc1cccnc12. The van der Waals surface area contributed by atoms with Crippen LogP contribution in [0.3, 0.4) is 0 Å². The Morgan fingerprint density at radius 1 is 0.256 bits per heavy atom. The molecule has 730 valence electrons. The van der Waals surface area contributed by atoms with Gasteiger partial charge in [-0.05, 0) is 188 Å². The lowest BCUT2D eigenvalue weighted by Crippen LogP contribution is -2.45. The van der Waals surface area contributed by atoms with Crippen molar-refractivity contribution in [3.8, 4) is 11.4 Å². The highest BCUT2D eigenvalue weighted by molar-refractivity contribution is 6.02. The van der Waals surface area contributed by atoms with Crippen LogP contribution in [0.4, 0.5) is 0 Å². The van der Waals surface area contributed by atoms with Gasteiger partial charge in [0.05, 0.1) is 22.4 Å².